The summed E-state index contributed by atoms with van der Waals surface area (Å²) in [6, 6.07) is 4.69. The van der Waals surface area contributed by atoms with Crippen molar-refractivity contribution < 1.29 is 18.1 Å². The van der Waals surface area contributed by atoms with Gasteiger partial charge in [0.25, 0.3) is 5.56 Å². The highest BCUT2D eigenvalue weighted by Crippen LogP contribution is 2.25. The number of benzene rings is 1. The van der Waals surface area contributed by atoms with Gasteiger partial charge in [0, 0.05) is 13.1 Å². The molecule has 0 fully saturated rings. The number of aromatic nitrogens is 2. The summed E-state index contributed by atoms with van der Waals surface area (Å²) in [5.74, 6) is -0.398. The first-order valence-corrected chi connectivity index (χ1v) is 9.06. The lowest BCUT2D eigenvalue weighted by Crippen LogP contribution is -2.24. The maximum Gasteiger partial charge on any atom is 0.286 e. The van der Waals surface area contributed by atoms with Crippen LogP contribution in [0, 0.1) is 4.77 Å². The lowest BCUT2D eigenvalue weighted by Gasteiger charge is -2.12. The van der Waals surface area contributed by atoms with Gasteiger partial charge in [-0.1, -0.05) is 0 Å². The topological polar surface area (TPSA) is 129 Å². The minimum atomic E-state index is -4.55. The fourth-order valence-corrected chi connectivity index (χ4v) is 3.01. The van der Waals surface area contributed by atoms with Crippen molar-refractivity contribution in [3.63, 3.8) is 0 Å². The molecule has 1 heterocycles. The largest absolute Gasteiger partial charge is 0.744 e. The molecule has 1 aromatic carbocycles. The molecule has 0 unspecified atom stereocenters. The highest BCUT2D eigenvalue weighted by molar-refractivity contribution is 7.85. The Balaban J connectivity index is 2.52. The van der Waals surface area contributed by atoms with Gasteiger partial charge in [-0.3, -0.25) is 13.9 Å². The average molecular weight is 383 g/mol. The molecule has 0 atom stereocenters. The molecule has 0 saturated heterocycles. The third-order valence-corrected chi connectivity index (χ3v) is 4.69. The first-order valence-electron chi connectivity index (χ1n) is 7.25. The van der Waals surface area contributed by atoms with E-state index in [1.165, 1.54) is 21.3 Å². The summed E-state index contributed by atoms with van der Waals surface area (Å²) >= 11 is 5.16. The quantitative estimate of drug-likeness (QED) is 0.479. The van der Waals surface area contributed by atoms with Crippen LogP contribution in [0.3, 0.4) is 0 Å². The predicted molar refractivity (Wildman–Crippen MR) is 91.1 cm³/mol. The Morgan fingerprint density at radius 3 is 2.16 bits per heavy atom. The Labute approximate surface area is 148 Å². The van der Waals surface area contributed by atoms with Crippen LogP contribution in [-0.4, -0.2) is 27.2 Å². The number of hydrogen-bond donors (Lipinski definition) is 1. The van der Waals surface area contributed by atoms with Crippen molar-refractivity contribution in [2.24, 2.45) is 10.2 Å². The van der Waals surface area contributed by atoms with Crippen LogP contribution in [0.1, 0.15) is 13.8 Å². The Hall–Kier alpha value is -2.37. The molecule has 1 aromatic heterocycles. The van der Waals surface area contributed by atoms with Crippen LogP contribution in [0.2, 0.25) is 0 Å². The minimum Gasteiger partial charge on any atom is -0.744 e. The second kappa shape index (κ2) is 7.25. The average Bonchev–Trinajstić information content (AvgIpc) is 2.55. The summed E-state index contributed by atoms with van der Waals surface area (Å²) in [6.07, 6.45) is 0. The van der Waals surface area contributed by atoms with Gasteiger partial charge in [0.15, 0.2) is 4.77 Å². The molecular weight excluding hydrogens is 368 g/mol. The molecule has 9 nitrogen and oxygen atoms in total. The van der Waals surface area contributed by atoms with Crippen molar-refractivity contribution in [3.8, 4) is 5.88 Å². The Morgan fingerprint density at radius 2 is 1.68 bits per heavy atom. The molecule has 134 valence electrons. The second-order valence-corrected chi connectivity index (χ2v) is 6.64. The summed E-state index contributed by atoms with van der Waals surface area (Å²) in [5, 5.41) is 17.8. The molecule has 0 aliphatic rings. The summed E-state index contributed by atoms with van der Waals surface area (Å²) in [6.45, 7) is 4.13. The molecule has 11 heteroatoms. The van der Waals surface area contributed by atoms with E-state index in [9.17, 15) is 22.9 Å². The number of rotatable bonds is 5. The minimum absolute atomic E-state index is 0.177. The predicted octanol–water partition coefficient (Wildman–Crippen LogP) is 2.44. The Morgan fingerprint density at radius 1 is 1.12 bits per heavy atom. The summed E-state index contributed by atoms with van der Waals surface area (Å²) in [7, 11) is -4.55. The number of azo groups is 1. The fourth-order valence-electron chi connectivity index (χ4n) is 2.11. The van der Waals surface area contributed by atoms with Crippen molar-refractivity contribution in [3.05, 3.63) is 39.4 Å². The van der Waals surface area contributed by atoms with Gasteiger partial charge in [-0.25, -0.2) is 8.42 Å². The standard InChI is InChI=1S/C14H16N4O5S2/c1-3-17-12(19)11(13(20)18(4-2)14(17)24)16-15-9-5-7-10(8-6-9)25(21,22)23/h5-8,19H,3-4H2,1-2H3,(H,21,22,23)/p-1. The van der Waals surface area contributed by atoms with Crippen molar-refractivity contribution in [1.29, 1.82) is 0 Å². The molecule has 0 aliphatic carbocycles. The van der Waals surface area contributed by atoms with Crippen molar-refractivity contribution in [1.82, 2.24) is 9.13 Å². The molecule has 0 spiro atoms. The first kappa shape index (κ1) is 19.0. The second-order valence-electron chi connectivity index (χ2n) is 4.90. The highest BCUT2D eigenvalue weighted by Gasteiger charge is 2.15. The maximum absolute atomic E-state index is 12.4. The molecule has 1 N–H and O–H groups in total. The SMILES string of the molecule is CCn1c(O)c(N=Nc2ccc(S(=O)(=O)[O-])cc2)c(=O)n(CC)c1=S. The van der Waals surface area contributed by atoms with E-state index < -0.39 is 26.5 Å². The van der Waals surface area contributed by atoms with Crippen LogP contribution >= 0.6 is 12.2 Å². The molecule has 0 aliphatic heterocycles. The zero-order valence-corrected chi connectivity index (χ0v) is 15.0. The van der Waals surface area contributed by atoms with Crippen LogP contribution in [-0.2, 0) is 23.2 Å². The van der Waals surface area contributed by atoms with Crippen LogP contribution in [0.15, 0.2) is 44.2 Å². The molecule has 0 amide bonds. The van der Waals surface area contributed by atoms with Crippen molar-refractivity contribution in [2.75, 3.05) is 0 Å². The Kier molecular flexibility index (Phi) is 5.50. The van der Waals surface area contributed by atoms with E-state index in [0.29, 0.717) is 13.1 Å². The van der Waals surface area contributed by atoms with Crippen LogP contribution in [0.5, 0.6) is 5.88 Å². The molecule has 25 heavy (non-hydrogen) atoms. The third kappa shape index (κ3) is 3.83. The lowest BCUT2D eigenvalue weighted by atomic mass is 10.3. The summed E-state index contributed by atoms with van der Waals surface area (Å²) in [4.78, 5) is 12.0. The molecule has 0 radical (unpaired) electrons. The van der Waals surface area contributed by atoms with Crippen LogP contribution < -0.4 is 5.56 Å². The maximum atomic E-state index is 12.4. The van der Waals surface area contributed by atoms with E-state index in [-0.39, 0.29) is 16.1 Å². The molecule has 0 bridgehead atoms. The van der Waals surface area contributed by atoms with E-state index in [0.717, 1.165) is 12.1 Å². The van der Waals surface area contributed by atoms with Crippen LogP contribution in [0.25, 0.3) is 0 Å². The Bertz CT molecular complexity index is 1040. The molecule has 2 aromatic rings. The first-order chi connectivity index (χ1) is 11.7. The van der Waals surface area contributed by atoms with Gasteiger partial charge >= 0.3 is 0 Å². The van der Waals surface area contributed by atoms with Crippen molar-refractivity contribution in [2.45, 2.75) is 31.8 Å². The smallest absolute Gasteiger partial charge is 0.286 e. The van der Waals surface area contributed by atoms with E-state index in [1.807, 2.05) is 0 Å². The monoisotopic (exact) mass is 383 g/mol. The molecule has 2 rings (SSSR count). The van der Waals surface area contributed by atoms with Crippen molar-refractivity contribution >= 4 is 33.7 Å². The zero-order valence-electron chi connectivity index (χ0n) is 13.4. The van der Waals surface area contributed by atoms with Gasteiger partial charge < -0.3 is 9.66 Å². The van der Waals surface area contributed by atoms with Gasteiger partial charge in [0.2, 0.25) is 11.6 Å². The third-order valence-electron chi connectivity index (χ3n) is 3.40. The lowest BCUT2D eigenvalue weighted by molar-refractivity contribution is 0.402. The zero-order chi connectivity index (χ0) is 18.8. The van der Waals surface area contributed by atoms with Gasteiger partial charge in [0.1, 0.15) is 10.1 Å². The van der Waals surface area contributed by atoms with Gasteiger partial charge in [-0.15, -0.1) is 5.11 Å². The number of nitrogens with zero attached hydrogens (tertiary/aromatic N) is 4. The van der Waals surface area contributed by atoms with E-state index in [2.05, 4.69) is 10.2 Å². The highest BCUT2D eigenvalue weighted by atomic mass is 32.2. The normalized spacial score (nSPS) is 12.0. The van der Waals surface area contributed by atoms with E-state index in [4.69, 9.17) is 12.2 Å². The van der Waals surface area contributed by atoms with Gasteiger partial charge in [-0.2, -0.15) is 5.11 Å². The number of hydrogen-bond acceptors (Lipinski definition) is 8. The van der Waals surface area contributed by atoms with Gasteiger partial charge in [-0.05, 0) is 50.3 Å². The number of aromatic hydroxyl groups is 1. The summed E-state index contributed by atoms with van der Waals surface area (Å²) in [5.41, 5.74) is -0.658. The van der Waals surface area contributed by atoms with E-state index in [1.54, 1.807) is 13.8 Å². The van der Waals surface area contributed by atoms with Crippen LogP contribution in [0.4, 0.5) is 11.4 Å². The summed E-state index contributed by atoms with van der Waals surface area (Å²) < 4.78 is 35.5. The van der Waals surface area contributed by atoms with Gasteiger partial charge in [0.05, 0.1) is 10.6 Å². The fraction of sp³-hybridized carbons (Fsp3) is 0.286. The van der Waals surface area contributed by atoms with E-state index >= 15 is 0 Å². The molecule has 0 saturated carbocycles. The molecular formula is C14H15N4O5S2-.